The molecule has 17 heavy (non-hydrogen) atoms. The summed E-state index contributed by atoms with van der Waals surface area (Å²) >= 11 is 5.85. The van der Waals surface area contributed by atoms with Crippen LogP contribution in [0.2, 0.25) is 5.02 Å². The number of carbonyl (C=O) groups is 1. The maximum Gasteiger partial charge on any atom is 0.329 e. The van der Waals surface area contributed by atoms with Crippen molar-refractivity contribution in [3.63, 3.8) is 0 Å². The topological polar surface area (TPSA) is 68.0 Å². The van der Waals surface area contributed by atoms with E-state index in [0.29, 0.717) is 10.8 Å². The van der Waals surface area contributed by atoms with Gasteiger partial charge in [0.05, 0.1) is 0 Å². The molecule has 0 radical (unpaired) electrons. The highest BCUT2D eigenvalue weighted by molar-refractivity contribution is 6.30. The molecule has 0 spiro atoms. The largest absolute Gasteiger partial charge is 0.478 e. The van der Waals surface area contributed by atoms with E-state index in [0.717, 1.165) is 11.6 Å². The zero-order chi connectivity index (χ0) is 12.3. The van der Waals surface area contributed by atoms with Crippen molar-refractivity contribution in [1.82, 2.24) is 14.8 Å². The molecule has 0 saturated carbocycles. The van der Waals surface area contributed by atoms with E-state index >= 15 is 0 Å². The number of hydrogen-bond acceptors (Lipinski definition) is 3. The summed E-state index contributed by atoms with van der Waals surface area (Å²) in [6.07, 6.45) is 3.72. The van der Waals surface area contributed by atoms with Gasteiger partial charge in [0.25, 0.3) is 0 Å². The average molecular weight is 250 g/mol. The van der Waals surface area contributed by atoms with Gasteiger partial charge >= 0.3 is 5.97 Å². The van der Waals surface area contributed by atoms with Crippen LogP contribution < -0.4 is 0 Å². The first-order chi connectivity index (χ1) is 8.15. The van der Waals surface area contributed by atoms with Crippen LogP contribution >= 0.6 is 11.6 Å². The Morgan fingerprint density at radius 3 is 3.00 bits per heavy atom. The third-order valence-electron chi connectivity index (χ3n) is 1.96. The van der Waals surface area contributed by atoms with Gasteiger partial charge < -0.3 is 5.11 Å². The summed E-state index contributed by atoms with van der Waals surface area (Å²) in [5.41, 5.74) is 0.778. The van der Waals surface area contributed by atoms with Crippen molar-refractivity contribution in [2.75, 3.05) is 0 Å². The highest BCUT2D eigenvalue weighted by atomic mass is 35.5. The molecule has 2 rings (SSSR count). The van der Waals surface area contributed by atoms with Gasteiger partial charge in [0.2, 0.25) is 0 Å². The van der Waals surface area contributed by atoms with Crippen molar-refractivity contribution in [3.05, 3.63) is 41.7 Å². The number of carboxylic acid groups (broad SMARTS) is 1. The molecule has 1 aromatic carbocycles. The smallest absolute Gasteiger partial charge is 0.329 e. The molecule has 1 aromatic heterocycles. The van der Waals surface area contributed by atoms with Crippen molar-refractivity contribution in [2.45, 2.75) is 0 Å². The van der Waals surface area contributed by atoms with Crippen LogP contribution in [0.15, 0.2) is 36.7 Å². The Kier molecular flexibility index (Phi) is 3.20. The molecule has 0 aliphatic carbocycles. The van der Waals surface area contributed by atoms with Crippen molar-refractivity contribution < 1.29 is 9.90 Å². The molecule has 0 unspecified atom stereocenters. The van der Waals surface area contributed by atoms with E-state index in [1.165, 1.54) is 17.2 Å². The summed E-state index contributed by atoms with van der Waals surface area (Å²) in [5, 5.41) is 13.2. The fraction of sp³-hybridized carbons (Fsp3) is 0. The second-order valence-electron chi connectivity index (χ2n) is 3.21. The van der Waals surface area contributed by atoms with Gasteiger partial charge in [-0.1, -0.05) is 23.7 Å². The van der Waals surface area contributed by atoms with Gasteiger partial charge in [0.1, 0.15) is 6.33 Å². The van der Waals surface area contributed by atoms with Crippen LogP contribution in [-0.4, -0.2) is 25.8 Å². The number of aromatic nitrogens is 3. The van der Waals surface area contributed by atoms with Crippen LogP contribution in [-0.2, 0) is 4.79 Å². The first kappa shape index (κ1) is 11.3. The van der Waals surface area contributed by atoms with E-state index < -0.39 is 5.97 Å². The number of nitrogens with zero attached hydrogens (tertiary/aromatic N) is 3. The number of benzene rings is 1. The summed E-state index contributed by atoms with van der Waals surface area (Å²) in [7, 11) is 0. The monoisotopic (exact) mass is 249 g/mol. The van der Waals surface area contributed by atoms with E-state index in [1.54, 1.807) is 18.2 Å². The van der Waals surface area contributed by atoms with E-state index in [4.69, 9.17) is 16.7 Å². The average Bonchev–Trinajstić information content (AvgIpc) is 2.75. The third-order valence-corrected chi connectivity index (χ3v) is 2.20. The summed E-state index contributed by atoms with van der Waals surface area (Å²) in [6, 6.07) is 7.12. The van der Waals surface area contributed by atoms with E-state index in [1.807, 2.05) is 6.07 Å². The number of carboxylic acids is 1. The number of halogens is 1. The van der Waals surface area contributed by atoms with E-state index in [2.05, 4.69) is 10.1 Å². The molecule has 2 aromatic rings. The molecule has 1 N–H and O–H groups in total. The molecule has 0 saturated heterocycles. The van der Waals surface area contributed by atoms with Crippen LogP contribution in [0.5, 0.6) is 0 Å². The standard InChI is InChI=1S/C11H8ClN3O2/c12-9-3-1-2-8(6-9)11-13-7-15(14-11)5-4-10(16)17/h1-7H,(H,16,17). The maximum absolute atomic E-state index is 10.3. The molecule has 5 nitrogen and oxygen atoms in total. The van der Waals surface area contributed by atoms with Gasteiger partial charge in [-0.15, -0.1) is 5.10 Å². The van der Waals surface area contributed by atoms with Crippen LogP contribution in [0, 0.1) is 0 Å². The molecule has 6 heteroatoms. The first-order valence-electron chi connectivity index (χ1n) is 4.73. The Morgan fingerprint density at radius 2 is 2.29 bits per heavy atom. The summed E-state index contributed by atoms with van der Waals surface area (Å²) in [6.45, 7) is 0. The number of rotatable bonds is 3. The molecule has 86 valence electrons. The van der Waals surface area contributed by atoms with Crippen LogP contribution in [0.3, 0.4) is 0 Å². The third kappa shape index (κ3) is 2.92. The van der Waals surface area contributed by atoms with Crippen molar-refractivity contribution in [3.8, 4) is 11.4 Å². The number of aliphatic carboxylic acids is 1. The summed E-state index contributed by atoms with van der Waals surface area (Å²) in [4.78, 5) is 14.4. The van der Waals surface area contributed by atoms with Gasteiger partial charge in [-0.25, -0.2) is 14.5 Å². The minimum atomic E-state index is -1.04. The summed E-state index contributed by atoms with van der Waals surface area (Å²) in [5.74, 6) is -0.549. The molecular formula is C11H8ClN3O2. The Hall–Kier alpha value is -2.14. The van der Waals surface area contributed by atoms with Crippen molar-refractivity contribution in [1.29, 1.82) is 0 Å². The van der Waals surface area contributed by atoms with Gasteiger partial charge in [-0.3, -0.25) is 0 Å². The second kappa shape index (κ2) is 4.80. The molecule has 1 heterocycles. The zero-order valence-corrected chi connectivity index (χ0v) is 9.37. The van der Waals surface area contributed by atoms with Gasteiger partial charge in [0.15, 0.2) is 5.82 Å². The van der Waals surface area contributed by atoms with Gasteiger partial charge in [-0.2, -0.15) is 0 Å². The fourth-order valence-electron chi connectivity index (χ4n) is 1.25. The normalized spacial score (nSPS) is 10.9. The van der Waals surface area contributed by atoms with Gasteiger partial charge in [0, 0.05) is 22.9 Å². The van der Waals surface area contributed by atoms with E-state index in [-0.39, 0.29) is 0 Å². The predicted molar refractivity (Wildman–Crippen MR) is 63.4 cm³/mol. The van der Waals surface area contributed by atoms with Crippen LogP contribution in [0.25, 0.3) is 17.6 Å². The van der Waals surface area contributed by atoms with E-state index in [9.17, 15) is 4.79 Å². The lowest BCUT2D eigenvalue weighted by molar-refractivity contribution is -0.131. The predicted octanol–water partition coefficient (Wildman–Crippen LogP) is 2.15. The SMILES string of the molecule is O=C(O)C=Cn1cnc(-c2cccc(Cl)c2)n1. The Balaban J connectivity index is 2.27. The lowest BCUT2D eigenvalue weighted by Gasteiger charge is -1.95. The highest BCUT2D eigenvalue weighted by Gasteiger charge is 2.03. The molecule has 0 bridgehead atoms. The lowest BCUT2D eigenvalue weighted by atomic mass is 10.2. The van der Waals surface area contributed by atoms with Crippen molar-refractivity contribution in [2.24, 2.45) is 0 Å². The highest BCUT2D eigenvalue weighted by Crippen LogP contribution is 2.18. The fourth-order valence-corrected chi connectivity index (χ4v) is 1.44. The second-order valence-corrected chi connectivity index (χ2v) is 3.65. The summed E-state index contributed by atoms with van der Waals surface area (Å²) < 4.78 is 1.32. The maximum atomic E-state index is 10.3. The Morgan fingerprint density at radius 1 is 1.47 bits per heavy atom. The Labute approximate surface area is 102 Å². The molecular weight excluding hydrogens is 242 g/mol. The number of hydrogen-bond donors (Lipinski definition) is 1. The molecule has 0 atom stereocenters. The van der Waals surface area contributed by atoms with Crippen molar-refractivity contribution >= 4 is 23.8 Å². The van der Waals surface area contributed by atoms with Crippen LogP contribution in [0.1, 0.15) is 0 Å². The quantitative estimate of drug-likeness (QED) is 0.847. The molecule has 0 aliphatic rings. The Bertz CT molecular complexity index is 578. The first-order valence-corrected chi connectivity index (χ1v) is 5.11. The molecule has 0 amide bonds. The lowest BCUT2D eigenvalue weighted by Crippen LogP contribution is -1.91. The minimum absolute atomic E-state index is 0.488. The zero-order valence-electron chi connectivity index (χ0n) is 8.62. The molecule has 0 fully saturated rings. The van der Waals surface area contributed by atoms with Gasteiger partial charge in [-0.05, 0) is 12.1 Å². The minimum Gasteiger partial charge on any atom is -0.478 e. The van der Waals surface area contributed by atoms with Crippen LogP contribution in [0.4, 0.5) is 0 Å². The molecule has 0 aliphatic heterocycles.